The minimum Gasteiger partial charge on any atom is -0.310 e. The van der Waals surface area contributed by atoms with Gasteiger partial charge in [0.15, 0.2) is 0 Å². The molecule has 0 spiro atoms. The maximum atomic E-state index is 2.51. The Morgan fingerprint density at radius 2 is 1.02 bits per heavy atom. The second-order valence-corrected chi connectivity index (χ2v) is 17.1. The van der Waals surface area contributed by atoms with Crippen LogP contribution in [0.3, 0.4) is 0 Å². The first-order valence-electron chi connectivity index (χ1n) is 20.8. The van der Waals surface area contributed by atoms with Crippen LogP contribution in [-0.2, 0) is 10.8 Å². The molecule has 0 saturated heterocycles. The first-order chi connectivity index (χ1) is 28.3. The van der Waals surface area contributed by atoms with E-state index in [9.17, 15) is 0 Å². The van der Waals surface area contributed by atoms with Crippen LogP contribution in [0, 0.1) is 0 Å². The molecule has 11 rings (SSSR count). The zero-order valence-corrected chi connectivity index (χ0v) is 33.6. The SMILES string of the molecule is CCCC1(C)c2ccccc2-c2cc3c4cc(-c5ccc(N(c6ccccc6)c6ccc7c(c6)C(C)(C)c6ccccc6-7)cc5)ccc4n(-c4ccccc4)c3cc21. The highest BCUT2D eigenvalue weighted by molar-refractivity contribution is 6.12. The summed E-state index contributed by atoms with van der Waals surface area (Å²) in [5.41, 5.74) is 20.5. The van der Waals surface area contributed by atoms with E-state index in [-0.39, 0.29) is 10.8 Å². The van der Waals surface area contributed by atoms with Crippen LogP contribution in [0.15, 0.2) is 182 Å². The molecule has 280 valence electrons. The number of benzene rings is 8. The van der Waals surface area contributed by atoms with Crippen molar-refractivity contribution < 1.29 is 0 Å². The number of nitrogens with zero attached hydrogens (tertiary/aromatic N) is 2. The van der Waals surface area contributed by atoms with Gasteiger partial charge in [-0.25, -0.2) is 0 Å². The van der Waals surface area contributed by atoms with E-state index in [1.54, 1.807) is 0 Å². The van der Waals surface area contributed by atoms with Crippen molar-refractivity contribution in [2.24, 2.45) is 0 Å². The van der Waals surface area contributed by atoms with Crippen molar-refractivity contribution in [3.8, 4) is 39.1 Å². The number of fused-ring (bicyclic) bond motifs is 9. The van der Waals surface area contributed by atoms with Crippen LogP contribution in [0.25, 0.3) is 60.9 Å². The fourth-order valence-electron chi connectivity index (χ4n) is 10.6. The molecule has 0 amide bonds. The molecule has 0 aliphatic heterocycles. The zero-order valence-electron chi connectivity index (χ0n) is 33.6. The van der Waals surface area contributed by atoms with Gasteiger partial charge in [-0.3, -0.25) is 0 Å². The fraction of sp³-hybridized carbons (Fsp3) is 0.143. The van der Waals surface area contributed by atoms with Crippen LogP contribution in [0.5, 0.6) is 0 Å². The molecule has 1 heterocycles. The van der Waals surface area contributed by atoms with Crippen molar-refractivity contribution in [3.63, 3.8) is 0 Å². The smallest absolute Gasteiger partial charge is 0.0544 e. The number of hydrogen-bond acceptors (Lipinski definition) is 1. The Morgan fingerprint density at radius 1 is 0.431 bits per heavy atom. The summed E-state index contributed by atoms with van der Waals surface area (Å²) >= 11 is 0. The van der Waals surface area contributed by atoms with Crippen molar-refractivity contribution in [1.29, 1.82) is 0 Å². The maximum absolute atomic E-state index is 2.51. The van der Waals surface area contributed by atoms with Crippen LogP contribution in [0.1, 0.15) is 62.8 Å². The van der Waals surface area contributed by atoms with Gasteiger partial charge in [0.2, 0.25) is 0 Å². The van der Waals surface area contributed by atoms with Gasteiger partial charge in [0.1, 0.15) is 0 Å². The second kappa shape index (κ2) is 12.9. The number of rotatable bonds is 7. The van der Waals surface area contributed by atoms with Gasteiger partial charge < -0.3 is 9.47 Å². The molecule has 0 radical (unpaired) electrons. The molecule has 1 atom stereocenters. The van der Waals surface area contributed by atoms with Gasteiger partial charge in [-0.1, -0.05) is 143 Å². The lowest BCUT2D eigenvalue weighted by atomic mass is 9.76. The lowest BCUT2D eigenvalue weighted by Crippen LogP contribution is -2.20. The van der Waals surface area contributed by atoms with Crippen LogP contribution in [0.4, 0.5) is 17.1 Å². The average Bonchev–Trinajstić information content (AvgIpc) is 3.81. The molecular weight excluding hydrogens is 701 g/mol. The van der Waals surface area contributed by atoms with Gasteiger partial charge in [0.25, 0.3) is 0 Å². The first kappa shape index (κ1) is 34.6. The highest BCUT2D eigenvalue weighted by Gasteiger charge is 2.39. The van der Waals surface area contributed by atoms with Crippen LogP contribution in [0.2, 0.25) is 0 Å². The molecule has 0 bridgehead atoms. The summed E-state index contributed by atoms with van der Waals surface area (Å²) in [7, 11) is 0. The first-order valence-corrected chi connectivity index (χ1v) is 20.8. The summed E-state index contributed by atoms with van der Waals surface area (Å²) < 4.78 is 2.47. The topological polar surface area (TPSA) is 8.17 Å². The van der Waals surface area contributed by atoms with E-state index in [2.05, 4.69) is 219 Å². The molecule has 2 aliphatic rings. The van der Waals surface area contributed by atoms with E-state index in [0.29, 0.717) is 0 Å². The molecule has 9 aromatic rings. The average molecular weight is 747 g/mol. The lowest BCUT2D eigenvalue weighted by Gasteiger charge is -2.28. The van der Waals surface area contributed by atoms with E-state index < -0.39 is 0 Å². The predicted octanol–water partition coefficient (Wildman–Crippen LogP) is 15.3. The second-order valence-electron chi connectivity index (χ2n) is 17.1. The Balaban J connectivity index is 1.04. The van der Waals surface area contributed by atoms with Gasteiger partial charge in [0.05, 0.1) is 11.0 Å². The summed E-state index contributed by atoms with van der Waals surface area (Å²) in [5, 5.41) is 2.57. The highest BCUT2D eigenvalue weighted by atomic mass is 15.1. The van der Waals surface area contributed by atoms with Crippen LogP contribution in [-0.4, -0.2) is 4.57 Å². The lowest BCUT2D eigenvalue weighted by molar-refractivity contribution is 0.524. The van der Waals surface area contributed by atoms with E-state index >= 15 is 0 Å². The summed E-state index contributed by atoms with van der Waals surface area (Å²) in [4.78, 5) is 2.39. The predicted molar refractivity (Wildman–Crippen MR) is 245 cm³/mol. The minimum atomic E-state index is -0.0743. The quantitative estimate of drug-likeness (QED) is 0.158. The minimum absolute atomic E-state index is 0.0195. The third kappa shape index (κ3) is 5.04. The van der Waals surface area contributed by atoms with Gasteiger partial charge in [-0.05, 0) is 135 Å². The third-order valence-corrected chi connectivity index (χ3v) is 13.4. The Hall–Kier alpha value is -6.64. The molecule has 8 aromatic carbocycles. The maximum Gasteiger partial charge on any atom is 0.0544 e. The molecule has 0 fully saturated rings. The summed E-state index contributed by atoms with van der Waals surface area (Å²) in [6.07, 6.45) is 2.25. The molecule has 2 nitrogen and oxygen atoms in total. The molecule has 0 N–H and O–H groups in total. The Morgan fingerprint density at radius 3 is 1.76 bits per heavy atom. The molecule has 1 aromatic heterocycles. The number of para-hydroxylation sites is 2. The molecule has 1 unspecified atom stereocenters. The van der Waals surface area contributed by atoms with E-state index in [0.717, 1.165) is 29.9 Å². The summed E-state index contributed by atoms with van der Waals surface area (Å²) in [5.74, 6) is 0. The van der Waals surface area contributed by atoms with E-state index in [4.69, 9.17) is 0 Å². The number of hydrogen-bond donors (Lipinski definition) is 0. The van der Waals surface area contributed by atoms with Crippen molar-refractivity contribution in [2.45, 2.75) is 51.4 Å². The largest absolute Gasteiger partial charge is 0.310 e. The van der Waals surface area contributed by atoms with Gasteiger partial charge in [-0.2, -0.15) is 0 Å². The van der Waals surface area contributed by atoms with Gasteiger partial charge in [-0.15, -0.1) is 0 Å². The highest BCUT2D eigenvalue weighted by Crippen LogP contribution is 2.54. The van der Waals surface area contributed by atoms with Crippen molar-refractivity contribution in [1.82, 2.24) is 4.57 Å². The third-order valence-electron chi connectivity index (χ3n) is 13.4. The van der Waals surface area contributed by atoms with Crippen molar-refractivity contribution in [3.05, 3.63) is 204 Å². The fourth-order valence-corrected chi connectivity index (χ4v) is 10.6. The molecular formula is C56H46N2. The van der Waals surface area contributed by atoms with Crippen molar-refractivity contribution in [2.75, 3.05) is 4.90 Å². The molecule has 0 saturated carbocycles. The standard InChI is InChI=1S/C56H46N2/c1-5-32-56(4)50-23-15-13-21-44(50)46-35-48-47-33-38(26-31-53(47)58(54(48)36-52(46)56)40-18-10-7-11-19-40)37-24-27-41(28-25-37)57(39-16-8-6-9-17-39)42-29-30-45-43-20-12-14-22-49(43)55(2,3)51(45)34-42/h6-31,33-36H,5,32H2,1-4H3. The van der Waals surface area contributed by atoms with Crippen LogP contribution < -0.4 is 4.90 Å². The monoisotopic (exact) mass is 746 g/mol. The molecule has 2 heteroatoms. The normalized spacial score (nSPS) is 15.9. The van der Waals surface area contributed by atoms with Crippen LogP contribution >= 0.6 is 0 Å². The Bertz CT molecular complexity index is 3040. The zero-order chi connectivity index (χ0) is 39.2. The number of aromatic nitrogens is 1. The van der Waals surface area contributed by atoms with E-state index in [1.807, 2.05) is 0 Å². The summed E-state index contributed by atoms with van der Waals surface area (Å²) in [6, 6.07) is 67.8. The van der Waals surface area contributed by atoms with Gasteiger partial charge >= 0.3 is 0 Å². The Labute approximate surface area is 341 Å². The van der Waals surface area contributed by atoms with Gasteiger partial charge in [0, 0.05) is 44.4 Å². The van der Waals surface area contributed by atoms with Crippen molar-refractivity contribution >= 4 is 38.9 Å². The summed E-state index contributed by atoms with van der Waals surface area (Å²) in [6.45, 7) is 9.47. The number of anilines is 3. The molecule has 58 heavy (non-hydrogen) atoms. The Kier molecular flexibility index (Phi) is 7.72. The molecule has 2 aliphatic carbocycles. The van der Waals surface area contributed by atoms with E-state index in [1.165, 1.54) is 83.1 Å².